The second kappa shape index (κ2) is 8.82. The van der Waals surface area contributed by atoms with Crippen LogP contribution in [0.5, 0.6) is 5.75 Å². The number of sulfone groups is 1. The first kappa shape index (κ1) is 22.4. The molecule has 2 N–H and O–H groups in total. The molecule has 1 amide bonds. The van der Waals surface area contributed by atoms with Crippen LogP contribution in [0.3, 0.4) is 0 Å². The lowest BCUT2D eigenvalue weighted by molar-refractivity contribution is 0.0945. The van der Waals surface area contributed by atoms with E-state index in [4.69, 9.17) is 4.74 Å². The van der Waals surface area contributed by atoms with Crippen molar-refractivity contribution in [1.82, 2.24) is 14.9 Å². The van der Waals surface area contributed by atoms with Gasteiger partial charge in [-0.1, -0.05) is 6.07 Å². The molecule has 0 atom stereocenters. The maximum atomic E-state index is 13.5. The van der Waals surface area contributed by atoms with Crippen molar-refractivity contribution in [2.24, 2.45) is 0 Å². The normalized spacial score (nSPS) is 11.6. The van der Waals surface area contributed by atoms with E-state index in [0.29, 0.717) is 5.52 Å². The van der Waals surface area contributed by atoms with Crippen molar-refractivity contribution in [3.05, 3.63) is 63.8 Å². The molecular formula is C20H20FN3O6S. The van der Waals surface area contributed by atoms with E-state index >= 15 is 0 Å². The number of nitrogens with zero attached hydrogens (tertiary/aromatic N) is 2. The van der Waals surface area contributed by atoms with Gasteiger partial charge in [0.1, 0.15) is 16.9 Å². The molecule has 0 bridgehead atoms. The van der Waals surface area contributed by atoms with Crippen LogP contribution in [0.4, 0.5) is 4.39 Å². The fraction of sp³-hybridized carbons (Fsp3) is 0.250. The van der Waals surface area contributed by atoms with Gasteiger partial charge in [-0.15, -0.1) is 0 Å². The lowest BCUT2D eigenvalue weighted by Crippen LogP contribution is -2.34. The SMILES string of the molecule is COCCn1c(=O)c(C(=O)NCc2ccc(F)cc2S(C)(=O)=O)c(O)c2ncccc21. The number of carbonyl (C=O) groups excluding carboxylic acids is 1. The Hall–Kier alpha value is -3.31. The molecule has 0 aliphatic rings. The minimum atomic E-state index is -3.76. The van der Waals surface area contributed by atoms with Crippen molar-refractivity contribution in [1.29, 1.82) is 0 Å². The van der Waals surface area contributed by atoms with Gasteiger partial charge in [-0.25, -0.2) is 12.8 Å². The van der Waals surface area contributed by atoms with Crippen molar-refractivity contribution in [3.8, 4) is 5.75 Å². The van der Waals surface area contributed by atoms with E-state index < -0.39 is 38.4 Å². The van der Waals surface area contributed by atoms with Crippen LogP contribution in [0, 0.1) is 5.82 Å². The molecule has 0 saturated heterocycles. The Morgan fingerprint density at radius 1 is 1.32 bits per heavy atom. The van der Waals surface area contributed by atoms with Crippen LogP contribution in [0.1, 0.15) is 15.9 Å². The lowest BCUT2D eigenvalue weighted by Gasteiger charge is -2.14. The number of benzene rings is 1. The van der Waals surface area contributed by atoms with Crippen LogP contribution >= 0.6 is 0 Å². The van der Waals surface area contributed by atoms with Crippen LogP contribution in [0.2, 0.25) is 0 Å². The van der Waals surface area contributed by atoms with Crippen LogP contribution < -0.4 is 10.9 Å². The third kappa shape index (κ3) is 4.57. The number of carbonyl (C=O) groups is 1. The Bertz CT molecular complexity index is 1320. The van der Waals surface area contributed by atoms with E-state index in [1.54, 1.807) is 12.1 Å². The van der Waals surface area contributed by atoms with Gasteiger partial charge >= 0.3 is 0 Å². The van der Waals surface area contributed by atoms with Gasteiger partial charge in [0.25, 0.3) is 11.5 Å². The van der Waals surface area contributed by atoms with Crippen LogP contribution in [0.15, 0.2) is 46.2 Å². The van der Waals surface area contributed by atoms with Crippen molar-refractivity contribution < 1.29 is 27.4 Å². The molecule has 0 radical (unpaired) electrons. The van der Waals surface area contributed by atoms with E-state index in [9.17, 15) is 27.5 Å². The number of fused-ring (bicyclic) bond motifs is 1. The molecule has 0 aliphatic heterocycles. The highest BCUT2D eigenvalue weighted by Crippen LogP contribution is 2.24. The van der Waals surface area contributed by atoms with Crippen molar-refractivity contribution >= 4 is 26.8 Å². The number of pyridine rings is 2. The average molecular weight is 449 g/mol. The van der Waals surface area contributed by atoms with E-state index in [1.165, 1.54) is 23.9 Å². The maximum absolute atomic E-state index is 13.5. The van der Waals surface area contributed by atoms with Crippen LogP contribution in [0.25, 0.3) is 11.0 Å². The summed E-state index contributed by atoms with van der Waals surface area (Å²) in [4.78, 5) is 29.5. The Labute approximate surface area is 177 Å². The summed E-state index contributed by atoms with van der Waals surface area (Å²) < 4.78 is 43.6. The van der Waals surface area contributed by atoms with Gasteiger partial charge < -0.3 is 19.7 Å². The van der Waals surface area contributed by atoms with E-state index in [2.05, 4.69) is 10.3 Å². The lowest BCUT2D eigenvalue weighted by atomic mass is 10.1. The molecule has 3 aromatic rings. The molecule has 0 unspecified atom stereocenters. The van der Waals surface area contributed by atoms with Crippen molar-refractivity contribution in [3.63, 3.8) is 0 Å². The van der Waals surface area contributed by atoms with Crippen LogP contribution in [-0.4, -0.2) is 49.0 Å². The number of amides is 1. The fourth-order valence-electron chi connectivity index (χ4n) is 3.15. The average Bonchev–Trinajstić information content (AvgIpc) is 2.72. The minimum Gasteiger partial charge on any atom is -0.505 e. The summed E-state index contributed by atoms with van der Waals surface area (Å²) in [5, 5.41) is 13.0. The van der Waals surface area contributed by atoms with Crippen LogP contribution in [-0.2, 0) is 27.7 Å². The number of rotatable bonds is 7. The molecule has 11 heteroatoms. The third-order valence-corrected chi connectivity index (χ3v) is 5.79. The zero-order valence-corrected chi connectivity index (χ0v) is 17.6. The fourth-order valence-corrected chi connectivity index (χ4v) is 4.10. The van der Waals surface area contributed by atoms with Gasteiger partial charge in [-0.2, -0.15) is 0 Å². The Morgan fingerprint density at radius 3 is 2.74 bits per heavy atom. The Kier molecular flexibility index (Phi) is 6.37. The van der Waals surface area contributed by atoms with E-state index in [1.807, 2.05) is 0 Å². The smallest absolute Gasteiger partial charge is 0.267 e. The van der Waals surface area contributed by atoms with E-state index in [0.717, 1.165) is 18.4 Å². The van der Waals surface area contributed by atoms with Gasteiger partial charge in [0.05, 0.1) is 17.0 Å². The number of hydrogen-bond donors (Lipinski definition) is 2. The predicted octanol–water partition coefficient (Wildman–Crippen LogP) is 1.22. The molecule has 0 aliphatic carbocycles. The number of methoxy groups -OCH3 is 1. The number of aromatic hydroxyl groups is 1. The number of halogens is 1. The first-order chi connectivity index (χ1) is 14.6. The molecular weight excluding hydrogens is 429 g/mol. The Balaban J connectivity index is 2.02. The topological polar surface area (TPSA) is 128 Å². The maximum Gasteiger partial charge on any atom is 0.267 e. The summed E-state index contributed by atoms with van der Waals surface area (Å²) in [6.45, 7) is -0.00394. The van der Waals surface area contributed by atoms with Gasteiger partial charge in [0, 0.05) is 32.7 Å². The molecule has 2 aromatic heterocycles. The standard InChI is InChI=1S/C20H20FN3O6S/c1-30-9-8-24-14-4-3-7-22-17(14)18(25)16(20(24)27)19(26)23-11-12-5-6-13(21)10-15(12)31(2,28)29/h3-7,10,25H,8-9,11H2,1-2H3,(H,23,26). The number of hydrogen-bond acceptors (Lipinski definition) is 7. The Morgan fingerprint density at radius 2 is 2.06 bits per heavy atom. The first-order valence-electron chi connectivity index (χ1n) is 9.11. The zero-order valence-electron chi connectivity index (χ0n) is 16.8. The number of nitrogens with one attached hydrogen (secondary N) is 1. The molecule has 3 rings (SSSR count). The molecule has 2 heterocycles. The molecule has 0 fully saturated rings. The predicted molar refractivity (Wildman–Crippen MR) is 110 cm³/mol. The summed E-state index contributed by atoms with van der Waals surface area (Å²) in [5.41, 5.74) is -0.769. The van der Waals surface area contributed by atoms with Gasteiger partial charge in [0.15, 0.2) is 15.6 Å². The second-order valence-electron chi connectivity index (χ2n) is 6.75. The zero-order chi connectivity index (χ0) is 22.8. The largest absolute Gasteiger partial charge is 0.505 e. The molecule has 0 spiro atoms. The summed E-state index contributed by atoms with van der Waals surface area (Å²) in [6.07, 6.45) is 2.33. The summed E-state index contributed by atoms with van der Waals surface area (Å²) in [5.74, 6) is -2.26. The van der Waals surface area contributed by atoms with Crippen molar-refractivity contribution in [2.75, 3.05) is 20.0 Å². The number of ether oxygens (including phenoxy) is 1. The summed E-state index contributed by atoms with van der Waals surface area (Å²) in [7, 11) is -2.30. The summed E-state index contributed by atoms with van der Waals surface area (Å²) in [6, 6.07) is 6.31. The molecule has 9 nitrogen and oxygen atoms in total. The summed E-state index contributed by atoms with van der Waals surface area (Å²) >= 11 is 0. The quantitative estimate of drug-likeness (QED) is 0.555. The van der Waals surface area contributed by atoms with Crippen molar-refractivity contribution in [2.45, 2.75) is 18.0 Å². The highest BCUT2D eigenvalue weighted by Gasteiger charge is 2.23. The third-order valence-electron chi connectivity index (χ3n) is 4.61. The highest BCUT2D eigenvalue weighted by atomic mass is 32.2. The monoisotopic (exact) mass is 449 g/mol. The van der Waals surface area contributed by atoms with Gasteiger partial charge in [-0.3, -0.25) is 14.6 Å². The minimum absolute atomic E-state index is 0.0574. The highest BCUT2D eigenvalue weighted by molar-refractivity contribution is 7.90. The molecule has 164 valence electrons. The molecule has 1 aromatic carbocycles. The molecule has 31 heavy (non-hydrogen) atoms. The second-order valence-corrected chi connectivity index (χ2v) is 8.74. The molecule has 0 saturated carbocycles. The van der Waals surface area contributed by atoms with Gasteiger partial charge in [0.2, 0.25) is 0 Å². The first-order valence-corrected chi connectivity index (χ1v) is 11.0. The van der Waals surface area contributed by atoms with E-state index in [-0.39, 0.29) is 35.7 Å². The van der Waals surface area contributed by atoms with Gasteiger partial charge in [-0.05, 0) is 29.8 Å². The number of aromatic nitrogens is 2.